The molecule has 0 aliphatic carbocycles. The number of rotatable bonds is 8. The van der Waals surface area contributed by atoms with Crippen molar-refractivity contribution >= 4 is 15.9 Å². The maximum atomic E-state index is 12.3. The van der Waals surface area contributed by atoms with Gasteiger partial charge in [0.25, 0.3) is 0 Å². The minimum Gasteiger partial charge on any atom is -0.496 e. The zero-order chi connectivity index (χ0) is 16.8. The molecule has 7 heteroatoms. The molecule has 0 spiro atoms. The van der Waals surface area contributed by atoms with Gasteiger partial charge >= 0.3 is 0 Å². The van der Waals surface area contributed by atoms with E-state index in [-0.39, 0.29) is 10.8 Å². The molecule has 0 saturated carbocycles. The van der Waals surface area contributed by atoms with Gasteiger partial charge in [0.05, 0.1) is 18.0 Å². The summed E-state index contributed by atoms with van der Waals surface area (Å²) in [5.74, 6) is 0.284. The fourth-order valence-electron chi connectivity index (χ4n) is 1.91. The Labute approximate surface area is 132 Å². The van der Waals surface area contributed by atoms with E-state index in [0.29, 0.717) is 17.9 Å². The highest BCUT2D eigenvalue weighted by molar-refractivity contribution is 7.89. The lowest BCUT2D eigenvalue weighted by Gasteiger charge is -2.15. The molecule has 0 heterocycles. The summed E-state index contributed by atoms with van der Waals surface area (Å²) >= 11 is 0. The van der Waals surface area contributed by atoms with Crippen LogP contribution in [0.5, 0.6) is 5.75 Å². The summed E-state index contributed by atoms with van der Waals surface area (Å²) in [5.41, 5.74) is 0.713. The zero-order valence-electron chi connectivity index (χ0n) is 13.5. The first-order valence-corrected chi connectivity index (χ1v) is 8.74. The van der Waals surface area contributed by atoms with Crippen LogP contribution in [0, 0.1) is 6.92 Å². The highest BCUT2D eigenvalue weighted by Crippen LogP contribution is 2.21. The molecule has 0 aliphatic heterocycles. The van der Waals surface area contributed by atoms with Gasteiger partial charge < -0.3 is 10.1 Å². The number of aryl methyl sites for hydroxylation is 1. The van der Waals surface area contributed by atoms with Crippen LogP contribution in [0.3, 0.4) is 0 Å². The van der Waals surface area contributed by atoms with Crippen molar-refractivity contribution in [2.75, 3.05) is 13.7 Å². The van der Waals surface area contributed by atoms with Crippen LogP contribution in [0.15, 0.2) is 23.1 Å². The van der Waals surface area contributed by atoms with Gasteiger partial charge in [0.15, 0.2) is 0 Å². The largest absolute Gasteiger partial charge is 0.496 e. The number of amides is 1. The van der Waals surface area contributed by atoms with Crippen LogP contribution in [-0.4, -0.2) is 34.0 Å². The maximum Gasteiger partial charge on any atom is 0.241 e. The molecule has 1 aromatic carbocycles. The second kappa shape index (κ2) is 8.14. The van der Waals surface area contributed by atoms with Crippen LogP contribution >= 0.6 is 0 Å². The summed E-state index contributed by atoms with van der Waals surface area (Å²) in [6.07, 6.45) is 1.83. The second-order valence-corrected chi connectivity index (χ2v) is 6.83. The van der Waals surface area contributed by atoms with E-state index in [9.17, 15) is 13.2 Å². The Hall–Kier alpha value is -1.60. The summed E-state index contributed by atoms with van der Waals surface area (Å²) < 4.78 is 32.1. The number of hydrogen-bond acceptors (Lipinski definition) is 4. The van der Waals surface area contributed by atoms with Gasteiger partial charge in [-0.1, -0.05) is 13.3 Å². The lowest BCUT2D eigenvalue weighted by molar-refractivity contribution is -0.122. The number of carbonyl (C=O) groups excluding carboxylic acids is 1. The van der Waals surface area contributed by atoms with Crippen LogP contribution in [0.4, 0.5) is 0 Å². The van der Waals surface area contributed by atoms with Gasteiger partial charge in [-0.3, -0.25) is 4.79 Å². The number of benzene rings is 1. The van der Waals surface area contributed by atoms with Gasteiger partial charge in [-0.2, -0.15) is 4.72 Å². The average Bonchev–Trinajstić information content (AvgIpc) is 2.46. The fraction of sp³-hybridized carbons (Fsp3) is 0.533. The molecule has 1 atom stereocenters. The maximum absolute atomic E-state index is 12.3. The SMILES string of the molecule is CCCCNC(=O)[C@@H](C)NS(=O)(=O)c1ccc(OC)c(C)c1. The lowest BCUT2D eigenvalue weighted by Crippen LogP contribution is -2.44. The van der Waals surface area contributed by atoms with E-state index < -0.39 is 16.1 Å². The van der Waals surface area contributed by atoms with Crippen LogP contribution in [0.25, 0.3) is 0 Å². The quantitative estimate of drug-likeness (QED) is 0.710. The van der Waals surface area contributed by atoms with Crippen molar-refractivity contribution in [3.8, 4) is 5.75 Å². The highest BCUT2D eigenvalue weighted by Gasteiger charge is 2.22. The molecule has 0 aromatic heterocycles. The molecule has 0 fully saturated rings. The van der Waals surface area contributed by atoms with E-state index in [4.69, 9.17) is 4.74 Å². The van der Waals surface area contributed by atoms with Crippen molar-refractivity contribution in [1.29, 1.82) is 0 Å². The van der Waals surface area contributed by atoms with Gasteiger partial charge in [0.2, 0.25) is 15.9 Å². The van der Waals surface area contributed by atoms with E-state index >= 15 is 0 Å². The molecule has 0 saturated heterocycles. The van der Waals surface area contributed by atoms with Gasteiger partial charge in [-0.05, 0) is 44.0 Å². The predicted molar refractivity (Wildman–Crippen MR) is 85.4 cm³/mol. The van der Waals surface area contributed by atoms with E-state index in [1.54, 1.807) is 13.0 Å². The molecule has 1 rings (SSSR count). The molecule has 0 aliphatic rings. The number of methoxy groups -OCH3 is 1. The molecule has 1 aromatic rings. The number of sulfonamides is 1. The first-order valence-electron chi connectivity index (χ1n) is 7.26. The Bertz CT molecular complexity index is 614. The molecular formula is C15H24N2O4S. The molecule has 22 heavy (non-hydrogen) atoms. The topological polar surface area (TPSA) is 84.5 Å². The van der Waals surface area contributed by atoms with E-state index in [1.807, 2.05) is 6.92 Å². The Kier molecular flexibility index (Phi) is 6.83. The number of hydrogen-bond donors (Lipinski definition) is 2. The Morgan fingerprint density at radius 3 is 2.59 bits per heavy atom. The van der Waals surface area contributed by atoms with Gasteiger partial charge in [-0.25, -0.2) is 8.42 Å². The highest BCUT2D eigenvalue weighted by atomic mass is 32.2. The molecule has 0 unspecified atom stereocenters. The minimum absolute atomic E-state index is 0.110. The monoisotopic (exact) mass is 328 g/mol. The third kappa shape index (κ3) is 4.99. The van der Waals surface area contributed by atoms with E-state index in [1.165, 1.54) is 26.2 Å². The normalized spacial score (nSPS) is 12.7. The number of nitrogens with one attached hydrogen (secondary N) is 2. The number of ether oxygens (including phenoxy) is 1. The van der Waals surface area contributed by atoms with Crippen LogP contribution in [0.2, 0.25) is 0 Å². The van der Waals surface area contributed by atoms with Crippen LogP contribution < -0.4 is 14.8 Å². The first-order chi connectivity index (χ1) is 10.3. The summed E-state index contributed by atoms with van der Waals surface area (Å²) in [7, 11) is -2.22. The predicted octanol–water partition coefficient (Wildman–Crippen LogP) is 1.59. The Morgan fingerprint density at radius 1 is 1.36 bits per heavy atom. The van der Waals surface area contributed by atoms with Crippen molar-refractivity contribution in [3.05, 3.63) is 23.8 Å². The van der Waals surface area contributed by atoms with Gasteiger partial charge in [0, 0.05) is 6.54 Å². The summed E-state index contributed by atoms with van der Waals surface area (Å²) in [6.45, 7) is 5.85. The van der Waals surface area contributed by atoms with Gasteiger partial charge in [0.1, 0.15) is 5.75 Å². The Morgan fingerprint density at radius 2 is 2.05 bits per heavy atom. The first kappa shape index (κ1) is 18.4. The standard InChI is InChI=1S/C15H24N2O4S/c1-5-6-9-16-15(18)12(3)17-22(19,20)13-7-8-14(21-4)11(2)10-13/h7-8,10,12,17H,5-6,9H2,1-4H3,(H,16,18)/t12-/m1/s1. The summed E-state index contributed by atoms with van der Waals surface area (Å²) in [5, 5.41) is 2.70. The molecule has 2 N–H and O–H groups in total. The average molecular weight is 328 g/mol. The fourth-order valence-corrected chi connectivity index (χ4v) is 3.20. The molecular weight excluding hydrogens is 304 g/mol. The lowest BCUT2D eigenvalue weighted by atomic mass is 10.2. The van der Waals surface area contributed by atoms with E-state index in [2.05, 4.69) is 10.0 Å². The second-order valence-electron chi connectivity index (χ2n) is 5.12. The number of carbonyl (C=O) groups is 1. The van der Waals surface area contributed by atoms with Crippen molar-refractivity contribution in [1.82, 2.24) is 10.0 Å². The Balaban J connectivity index is 2.78. The number of unbranched alkanes of at least 4 members (excludes halogenated alkanes) is 1. The third-order valence-corrected chi connectivity index (χ3v) is 4.77. The molecule has 0 bridgehead atoms. The molecule has 124 valence electrons. The van der Waals surface area contributed by atoms with Gasteiger partial charge in [-0.15, -0.1) is 0 Å². The van der Waals surface area contributed by atoms with Crippen molar-refractivity contribution in [2.24, 2.45) is 0 Å². The smallest absolute Gasteiger partial charge is 0.241 e. The van der Waals surface area contributed by atoms with Crippen LogP contribution in [0.1, 0.15) is 32.3 Å². The summed E-state index contributed by atoms with van der Waals surface area (Å²) in [4.78, 5) is 11.9. The van der Waals surface area contributed by atoms with Crippen molar-refractivity contribution in [2.45, 2.75) is 44.6 Å². The summed E-state index contributed by atoms with van der Waals surface area (Å²) in [6, 6.07) is 3.73. The zero-order valence-corrected chi connectivity index (χ0v) is 14.3. The van der Waals surface area contributed by atoms with Crippen molar-refractivity contribution < 1.29 is 17.9 Å². The molecule has 1 amide bonds. The third-order valence-electron chi connectivity index (χ3n) is 3.23. The molecule has 0 radical (unpaired) electrons. The minimum atomic E-state index is -3.75. The van der Waals surface area contributed by atoms with Crippen molar-refractivity contribution in [3.63, 3.8) is 0 Å². The van der Waals surface area contributed by atoms with E-state index in [0.717, 1.165) is 12.8 Å². The molecule has 6 nitrogen and oxygen atoms in total. The van der Waals surface area contributed by atoms with Crippen LogP contribution in [-0.2, 0) is 14.8 Å².